The first-order chi connectivity index (χ1) is 17.2. The van der Waals surface area contributed by atoms with Crippen LogP contribution in [0.25, 0.3) is 16.7 Å². The molecule has 0 radical (unpaired) electrons. The predicted octanol–water partition coefficient (Wildman–Crippen LogP) is 3.38. The summed E-state index contributed by atoms with van der Waals surface area (Å²) in [5, 5.41) is 4.61. The Morgan fingerprint density at radius 2 is 1.92 bits per heavy atom. The van der Waals surface area contributed by atoms with E-state index in [2.05, 4.69) is 9.82 Å². The molecule has 190 valence electrons. The van der Waals surface area contributed by atoms with Crippen LogP contribution >= 0.6 is 0 Å². The van der Waals surface area contributed by atoms with E-state index in [9.17, 15) is 13.2 Å². The van der Waals surface area contributed by atoms with Crippen molar-refractivity contribution in [3.05, 3.63) is 58.4 Å². The average Bonchev–Trinajstić information content (AvgIpc) is 3.22. The largest absolute Gasteiger partial charge is 0.282 e. The zero-order valence-electron chi connectivity index (χ0n) is 20.8. The first-order valence-corrected chi connectivity index (χ1v) is 14.3. The fourth-order valence-corrected chi connectivity index (χ4v) is 6.99. The fourth-order valence-electron chi connectivity index (χ4n) is 5.50. The van der Waals surface area contributed by atoms with Crippen LogP contribution in [-0.4, -0.2) is 37.7 Å². The number of rotatable bonds is 7. The van der Waals surface area contributed by atoms with Crippen molar-refractivity contribution in [2.75, 3.05) is 0 Å². The second kappa shape index (κ2) is 8.55. The molecule has 0 aliphatic heterocycles. The number of fused-ring (bicyclic) bond motifs is 3. The van der Waals surface area contributed by atoms with E-state index < -0.39 is 15.6 Å². The smallest absolute Gasteiger partial charge is 0.263 e. The van der Waals surface area contributed by atoms with Gasteiger partial charge in [0.1, 0.15) is 0 Å². The van der Waals surface area contributed by atoms with Gasteiger partial charge in [-0.25, -0.2) is 18.1 Å². The van der Waals surface area contributed by atoms with Gasteiger partial charge in [-0.1, -0.05) is 32.1 Å². The lowest BCUT2D eigenvalue weighted by Crippen LogP contribution is -2.34. The van der Waals surface area contributed by atoms with Gasteiger partial charge in [-0.05, 0) is 50.3 Å². The van der Waals surface area contributed by atoms with Crippen LogP contribution in [0.1, 0.15) is 63.1 Å². The predicted molar refractivity (Wildman–Crippen MR) is 138 cm³/mol. The summed E-state index contributed by atoms with van der Waals surface area (Å²) in [5.41, 5.74) is 1.98. The third kappa shape index (κ3) is 4.26. The molecule has 0 amide bonds. The van der Waals surface area contributed by atoms with Gasteiger partial charge in [0.05, 0.1) is 34.7 Å². The molecule has 0 spiro atoms. The highest BCUT2D eigenvalue weighted by Gasteiger charge is 2.41. The molecule has 1 aromatic carbocycles. The van der Waals surface area contributed by atoms with Crippen LogP contribution in [0.4, 0.5) is 0 Å². The van der Waals surface area contributed by atoms with Crippen LogP contribution in [0, 0.1) is 5.92 Å². The molecule has 0 saturated heterocycles. The van der Waals surface area contributed by atoms with Crippen molar-refractivity contribution in [1.29, 1.82) is 0 Å². The Balaban J connectivity index is 1.52. The fraction of sp³-hybridized carbons (Fsp3) is 0.500. The van der Waals surface area contributed by atoms with Crippen LogP contribution in [-0.2, 0) is 30.0 Å². The normalized spacial score (nSPS) is 18.3. The summed E-state index contributed by atoms with van der Waals surface area (Å²) in [5.74, 6) is 1.16. The van der Waals surface area contributed by atoms with Gasteiger partial charge in [0.15, 0.2) is 0 Å². The zero-order chi connectivity index (χ0) is 25.1. The molecule has 10 heteroatoms. The highest BCUT2D eigenvalue weighted by Crippen LogP contribution is 2.36. The number of hydrogen-bond donors (Lipinski definition) is 1. The highest BCUT2D eigenvalue weighted by atomic mass is 32.2. The Kier molecular flexibility index (Phi) is 5.56. The minimum Gasteiger partial charge on any atom is -0.282 e. The molecular formula is C26H32N6O3S. The van der Waals surface area contributed by atoms with Gasteiger partial charge in [0, 0.05) is 30.0 Å². The highest BCUT2D eigenvalue weighted by molar-refractivity contribution is 7.89. The number of aromatic nitrogens is 5. The summed E-state index contributed by atoms with van der Waals surface area (Å²) < 4.78 is 34.4. The molecule has 2 fully saturated rings. The van der Waals surface area contributed by atoms with Crippen molar-refractivity contribution < 1.29 is 8.42 Å². The summed E-state index contributed by atoms with van der Waals surface area (Å²) in [4.78, 5) is 18.6. The summed E-state index contributed by atoms with van der Waals surface area (Å²) in [7, 11) is -1.90. The minimum absolute atomic E-state index is 0.112. The maximum atomic E-state index is 13.8. The van der Waals surface area contributed by atoms with Gasteiger partial charge < -0.3 is 0 Å². The van der Waals surface area contributed by atoms with Gasteiger partial charge in [0.25, 0.3) is 5.56 Å². The average molecular weight is 509 g/mol. The summed E-state index contributed by atoms with van der Waals surface area (Å²) in [6.07, 6.45) is 14.2. The van der Waals surface area contributed by atoms with E-state index in [1.807, 2.05) is 30.8 Å². The monoisotopic (exact) mass is 508 g/mol. The number of hydrogen-bond acceptors (Lipinski definition) is 5. The van der Waals surface area contributed by atoms with E-state index in [1.54, 1.807) is 27.6 Å². The number of sulfonamides is 1. The van der Waals surface area contributed by atoms with Crippen molar-refractivity contribution >= 4 is 26.7 Å². The third-order valence-corrected chi connectivity index (χ3v) is 9.39. The van der Waals surface area contributed by atoms with Gasteiger partial charge in [0.2, 0.25) is 15.8 Å². The van der Waals surface area contributed by atoms with Gasteiger partial charge in [-0.2, -0.15) is 5.10 Å². The topological polar surface area (TPSA) is 103 Å². The summed E-state index contributed by atoms with van der Waals surface area (Å²) >= 11 is 0. The Bertz CT molecular complexity index is 1620. The second-order valence-electron chi connectivity index (χ2n) is 10.9. The van der Waals surface area contributed by atoms with E-state index in [4.69, 9.17) is 4.98 Å². The molecule has 0 bridgehead atoms. The standard InChI is InChI=1S/C26H32N6O3S/c1-26(10-11-26)29-36(34,35)21-8-9-23-22(13-21)24(33)31(17-19-14-28-30(2)16-19)25-27-15-20(32(23)25)12-18-6-4-3-5-7-18/h8-9,13-16,18,29H,3-7,10-12,17H2,1-2H3. The number of imidazole rings is 1. The lowest BCUT2D eigenvalue weighted by atomic mass is 9.86. The van der Waals surface area contributed by atoms with Crippen LogP contribution < -0.4 is 10.3 Å². The van der Waals surface area contributed by atoms with E-state index >= 15 is 0 Å². The molecule has 3 aromatic heterocycles. The van der Waals surface area contributed by atoms with E-state index in [1.165, 1.54) is 38.2 Å². The lowest BCUT2D eigenvalue weighted by Gasteiger charge is -2.21. The van der Waals surface area contributed by atoms with E-state index in [-0.39, 0.29) is 10.5 Å². The summed E-state index contributed by atoms with van der Waals surface area (Å²) in [6.45, 7) is 2.21. The molecule has 36 heavy (non-hydrogen) atoms. The molecule has 4 aromatic rings. The quantitative estimate of drug-likeness (QED) is 0.412. The minimum atomic E-state index is -3.74. The third-order valence-electron chi connectivity index (χ3n) is 7.75. The molecule has 0 unspecified atom stereocenters. The van der Waals surface area contributed by atoms with Crippen LogP contribution in [0.5, 0.6) is 0 Å². The van der Waals surface area contributed by atoms with Gasteiger partial charge in [-0.3, -0.25) is 18.4 Å². The Morgan fingerprint density at radius 3 is 2.61 bits per heavy atom. The van der Waals surface area contributed by atoms with Gasteiger partial charge >= 0.3 is 0 Å². The molecule has 2 saturated carbocycles. The second-order valence-corrected chi connectivity index (χ2v) is 12.5. The molecule has 1 N–H and O–H groups in total. The SMILES string of the molecule is Cn1cc(Cn2c(=O)c3cc(S(=O)(=O)NC4(C)CC4)ccc3n3c(CC4CCCCC4)cnc23)cn1. The van der Waals surface area contributed by atoms with Crippen molar-refractivity contribution in [1.82, 2.24) is 28.5 Å². The maximum absolute atomic E-state index is 13.8. The molecular weight excluding hydrogens is 476 g/mol. The number of nitrogens with zero attached hydrogens (tertiary/aromatic N) is 5. The van der Waals surface area contributed by atoms with E-state index in [0.29, 0.717) is 29.1 Å². The van der Waals surface area contributed by atoms with Crippen LogP contribution in [0.3, 0.4) is 0 Å². The molecule has 2 aliphatic carbocycles. The van der Waals surface area contributed by atoms with Crippen molar-refractivity contribution in [2.24, 2.45) is 13.0 Å². The maximum Gasteiger partial charge on any atom is 0.263 e. The van der Waals surface area contributed by atoms with E-state index in [0.717, 1.165) is 30.5 Å². The molecule has 3 heterocycles. The molecule has 9 nitrogen and oxygen atoms in total. The Hall–Kier alpha value is -2.98. The Labute approximate surface area is 210 Å². The van der Waals surface area contributed by atoms with Crippen LogP contribution in [0.15, 0.2) is 46.5 Å². The summed E-state index contributed by atoms with van der Waals surface area (Å²) in [6, 6.07) is 4.88. The first kappa shape index (κ1) is 23.4. The lowest BCUT2D eigenvalue weighted by molar-refractivity contribution is 0.354. The number of nitrogens with one attached hydrogen (secondary N) is 1. The Morgan fingerprint density at radius 1 is 1.14 bits per heavy atom. The van der Waals surface area contributed by atoms with Crippen molar-refractivity contribution in [2.45, 2.75) is 75.3 Å². The zero-order valence-corrected chi connectivity index (χ0v) is 21.6. The number of benzene rings is 1. The van der Waals surface area contributed by atoms with Crippen LogP contribution in [0.2, 0.25) is 0 Å². The van der Waals surface area contributed by atoms with Gasteiger partial charge in [-0.15, -0.1) is 0 Å². The first-order valence-electron chi connectivity index (χ1n) is 12.8. The number of aryl methyl sites for hydroxylation is 1. The van der Waals surface area contributed by atoms with Crippen molar-refractivity contribution in [3.63, 3.8) is 0 Å². The molecule has 2 aliphatic rings. The molecule has 6 rings (SSSR count). The van der Waals surface area contributed by atoms with Crippen molar-refractivity contribution in [3.8, 4) is 0 Å². The molecule has 0 atom stereocenters.